The van der Waals surface area contributed by atoms with E-state index in [-0.39, 0.29) is 6.10 Å². The maximum atomic E-state index is 6.08. The van der Waals surface area contributed by atoms with Gasteiger partial charge in [0.05, 0.1) is 18.1 Å². The lowest BCUT2D eigenvalue weighted by atomic mass is 9.92. The number of piperidine rings is 1. The van der Waals surface area contributed by atoms with Crippen LogP contribution in [0.3, 0.4) is 0 Å². The molecule has 1 N–H and O–H groups in total. The zero-order chi connectivity index (χ0) is 20.4. The van der Waals surface area contributed by atoms with E-state index in [1.165, 1.54) is 11.4 Å². The fourth-order valence-electron chi connectivity index (χ4n) is 3.84. The van der Waals surface area contributed by atoms with Crippen molar-refractivity contribution >= 4 is 17.4 Å². The summed E-state index contributed by atoms with van der Waals surface area (Å²) in [7, 11) is 0. The van der Waals surface area contributed by atoms with Gasteiger partial charge in [0, 0.05) is 41.5 Å². The summed E-state index contributed by atoms with van der Waals surface area (Å²) in [5, 5.41) is 0.714. The Morgan fingerprint density at radius 3 is 2.48 bits per heavy atom. The molecule has 0 aliphatic carbocycles. The first-order chi connectivity index (χ1) is 14.0. The molecule has 0 unspecified atom stereocenters. The largest absolute Gasteiger partial charge is 0.461 e. The normalized spacial score (nSPS) is 15.1. The topological polar surface area (TPSA) is 66.9 Å². The van der Waals surface area contributed by atoms with E-state index in [4.69, 9.17) is 21.3 Å². The van der Waals surface area contributed by atoms with Gasteiger partial charge >= 0.3 is 6.01 Å². The van der Waals surface area contributed by atoms with Gasteiger partial charge in [-0.1, -0.05) is 23.7 Å². The first-order valence-corrected chi connectivity index (χ1v) is 10.4. The predicted molar refractivity (Wildman–Crippen MR) is 116 cm³/mol. The zero-order valence-corrected chi connectivity index (χ0v) is 17.8. The van der Waals surface area contributed by atoms with Crippen molar-refractivity contribution in [2.45, 2.75) is 45.6 Å². The number of halogens is 1. The van der Waals surface area contributed by atoms with Gasteiger partial charge < -0.3 is 14.6 Å². The van der Waals surface area contributed by atoms with E-state index in [2.05, 4.69) is 26.8 Å². The number of ether oxygens (including phenoxy) is 1. The number of H-pyrrole nitrogens is 1. The van der Waals surface area contributed by atoms with Crippen LogP contribution in [0.25, 0.3) is 11.1 Å². The summed E-state index contributed by atoms with van der Waals surface area (Å²) in [4.78, 5) is 19.3. The quantitative estimate of drug-likeness (QED) is 0.639. The number of imidazole rings is 1. The van der Waals surface area contributed by atoms with E-state index >= 15 is 0 Å². The second-order valence-corrected chi connectivity index (χ2v) is 8.17. The second-order valence-electron chi connectivity index (χ2n) is 7.74. The molecular formula is C22H26ClN5O. The van der Waals surface area contributed by atoms with Crippen molar-refractivity contribution in [1.82, 2.24) is 19.9 Å². The number of hydrogen-bond donors (Lipinski definition) is 1. The van der Waals surface area contributed by atoms with Crippen molar-refractivity contribution in [3.63, 3.8) is 0 Å². The van der Waals surface area contributed by atoms with Crippen LogP contribution in [0.15, 0.2) is 36.8 Å². The minimum Gasteiger partial charge on any atom is -0.461 e. The maximum Gasteiger partial charge on any atom is 0.318 e. The molecule has 0 saturated carbocycles. The molecule has 0 atom stereocenters. The molecule has 1 saturated heterocycles. The Hall–Kier alpha value is -2.60. The van der Waals surface area contributed by atoms with Gasteiger partial charge in [0.2, 0.25) is 0 Å². The third-order valence-electron chi connectivity index (χ3n) is 5.29. The average Bonchev–Trinajstić information content (AvgIpc) is 3.14. The molecular weight excluding hydrogens is 386 g/mol. The summed E-state index contributed by atoms with van der Waals surface area (Å²) >= 11 is 6.08. The highest BCUT2D eigenvalue weighted by atomic mass is 35.5. The van der Waals surface area contributed by atoms with Crippen LogP contribution in [0, 0.1) is 6.92 Å². The number of benzene rings is 1. The van der Waals surface area contributed by atoms with Gasteiger partial charge in [0.15, 0.2) is 0 Å². The SMILES string of the molecule is Cc1[nH]cnc1C1CCN(c2nc(OC(C)C)ncc2-c2ccc(Cl)cc2)CC1. The van der Waals surface area contributed by atoms with Crippen LogP contribution >= 0.6 is 11.6 Å². The summed E-state index contributed by atoms with van der Waals surface area (Å²) in [6.45, 7) is 7.88. The van der Waals surface area contributed by atoms with Gasteiger partial charge in [-0.15, -0.1) is 0 Å². The Morgan fingerprint density at radius 2 is 1.86 bits per heavy atom. The molecule has 1 fully saturated rings. The molecule has 1 aliphatic heterocycles. The van der Waals surface area contributed by atoms with E-state index in [0.717, 1.165) is 42.9 Å². The smallest absolute Gasteiger partial charge is 0.318 e. The third kappa shape index (κ3) is 4.37. The lowest BCUT2D eigenvalue weighted by Gasteiger charge is -2.33. The van der Waals surface area contributed by atoms with Crippen molar-refractivity contribution in [2.24, 2.45) is 0 Å². The molecule has 3 aromatic rings. The van der Waals surface area contributed by atoms with Crippen molar-refractivity contribution in [3.05, 3.63) is 53.2 Å². The Bertz CT molecular complexity index is 962. The van der Waals surface area contributed by atoms with Crippen LogP contribution in [0.4, 0.5) is 5.82 Å². The van der Waals surface area contributed by atoms with E-state index in [0.29, 0.717) is 17.0 Å². The highest BCUT2D eigenvalue weighted by Gasteiger charge is 2.26. The van der Waals surface area contributed by atoms with E-state index in [1.54, 1.807) is 6.33 Å². The van der Waals surface area contributed by atoms with Crippen molar-refractivity contribution in [3.8, 4) is 17.1 Å². The number of hydrogen-bond acceptors (Lipinski definition) is 5. The molecule has 0 spiro atoms. The van der Waals surface area contributed by atoms with Crippen LogP contribution in [0.2, 0.25) is 5.02 Å². The Labute approximate surface area is 176 Å². The molecule has 0 amide bonds. The molecule has 1 aliphatic rings. The fraction of sp³-hybridized carbons (Fsp3) is 0.409. The van der Waals surface area contributed by atoms with Gasteiger partial charge in [-0.05, 0) is 51.3 Å². The van der Waals surface area contributed by atoms with Crippen LogP contribution in [-0.4, -0.2) is 39.1 Å². The number of nitrogens with zero attached hydrogens (tertiary/aromatic N) is 4. The van der Waals surface area contributed by atoms with Crippen LogP contribution in [-0.2, 0) is 0 Å². The van der Waals surface area contributed by atoms with Crippen molar-refractivity contribution in [2.75, 3.05) is 18.0 Å². The summed E-state index contributed by atoms with van der Waals surface area (Å²) in [6, 6.07) is 8.22. The van der Waals surface area contributed by atoms with Gasteiger partial charge in [0.1, 0.15) is 5.82 Å². The monoisotopic (exact) mass is 411 g/mol. The molecule has 1 aromatic carbocycles. The number of anilines is 1. The van der Waals surface area contributed by atoms with Crippen LogP contribution < -0.4 is 9.64 Å². The Balaban J connectivity index is 1.62. The van der Waals surface area contributed by atoms with Crippen LogP contribution in [0.5, 0.6) is 6.01 Å². The van der Waals surface area contributed by atoms with E-state index < -0.39 is 0 Å². The number of aryl methyl sites for hydroxylation is 1. The van der Waals surface area contributed by atoms with Gasteiger partial charge in [-0.25, -0.2) is 9.97 Å². The number of aromatic nitrogens is 4. The van der Waals surface area contributed by atoms with E-state index in [1.807, 2.05) is 44.3 Å². The lowest BCUT2D eigenvalue weighted by Crippen LogP contribution is -2.34. The first-order valence-electron chi connectivity index (χ1n) is 10.1. The van der Waals surface area contributed by atoms with Gasteiger partial charge in [-0.2, -0.15) is 4.98 Å². The summed E-state index contributed by atoms with van der Waals surface area (Å²) in [5.74, 6) is 1.39. The third-order valence-corrected chi connectivity index (χ3v) is 5.54. The molecule has 4 rings (SSSR count). The summed E-state index contributed by atoms with van der Waals surface area (Å²) in [6.07, 6.45) is 5.74. The fourth-order valence-corrected chi connectivity index (χ4v) is 3.97. The van der Waals surface area contributed by atoms with Gasteiger partial charge in [-0.3, -0.25) is 0 Å². The molecule has 29 heavy (non-hydrogen) atoms. The van der Waals surface area contributed by atoms with Crippen molar-refractivity contribution in [1.29, 1.82) is 0 Å². The number of nitrogens with one attached hydrogen (secondary N) is 1. The second kappa shape index (κ2) is 8.41. The highest BCUT2D eigenvalue weighted by molar-refractivity contribution is 6.30. The molecule has 7 heteroatoms. The molecule has 0 bridgehead atoms. The average molecular weight is 412 g/mol. The summed E-state index contributed by atoms with van der Waals surface area (Å²) in [5.41, 5.74) is 4.40. The highest BCUT2D eigenvalue weighted by Crippen LogP contribution is 2.35. The number of rotatable bonds is 5. The number of aromatic amines is 1. The minimum atomic E-state index is 0.0256. The Kier molecular flexibility index (Phi) is 5.72. The lowest BCUT2D eigenvalue weighted by molar-refractivity contribution is 0.222. The van der Waals surface area contributed by atoms with E-state index in [9.17, 15) is 0 Å². The molecule has 2 aromatic heterocycles. The van der Waals surface area contributed by atoms with Gasteiger partial charge in [0.25, 0.3) is 0 Å². The molecule has 6 nitrogen and oxygen atoms in total. The molecule has 3 heterocycles. The zero-order valence-electron chi connectivity index (χ0n) is 17.0. The van der Waals surface area contributed by atoms with Crippen molar-refractivity contribution < 1.29 is 4.74 Å². The summed E-state index contributed by atoms with van der Waals surface area (Å²) < 4.78 is 5.77. The predicted octanol–water partition coefficient (Wildman–Crippen LogP) is 5.00. The Morgan fingerprint density at radius 1 is 1.14 bits per heavy atom. The maximum absolute atomic E-state index is 6.08. The first kappa shape index (κ1) is 19.7. The standard InChI is InChI=1S/C22H26ClN5O/c1-14(2)29-22-24-12-19(16-4-6-18(23)7-5-16)21(27-22)28-10-8-17(9-11-28)20-15(3)25-13-26-20/h4-7,12-14,17H,8-11H2,1-3H3,(H,25,26). The van der Waals surface area contributed by atoms with Crippen LogP contribution in [0.1, 0.15) is 44.0 Å². The molecule has 152 valence electrons. The molecule has 0 radical (unpaired) electrons. The minimum absolute atomic E-state index is 0.0256.